The van der Waals surface area contributed by atoms with Gasteiger partial charge in [-0.1, -0.05) is 0 Å². The van der Waals surface area contributed by atoms with Crippen molar-refractivity contribution in [3.05, 3.63) is 23.2 Å². The zero-order valence-electron chi connectivity index (χ0n) is 17.9. The Balaban J connectivity index is 3.36. The Labute approximate surface area is 175 Å². The van der Waals surface area contributed by atoms with Crippen molar-refractivity contribution < 1.29 is 9.53 Å². The second-order valence-corrected chi connectivity index (χ2v) is 21.4. The van der Waals surface area contributed by atoms with Gasteiger partial charge >= 0.3 is 176 Å². The number of para-hydroxylation sites is 1. The van der Waals surface area contributed by atoms with Crippen LogP contribution >= 0.6 is 11.6 Å². The van der Waals surface area contributed by atoms with Crippen molar-refractivity contribution in [3.8, 4) is 5.75 Å². The van der Waals surface area contributed by atoms with Crippen LogP contribution in [-0.2, 0) is 0 Å². The number of hydrogen-bond acceptors (Lipinski definition) is 2. The van der Waals surface area contributed by atoms with Gasteiger partial charge in [0.25, 0.3) is 0 Å². The predicted octanol–water partition coefficient (Wildman–Crippen LogP) is 6.89. The van der Waals surface area contributed by atoms with Crippen LogP contribution in [0.1, 0.15) is 73.1 Å². The van der Waals surface area contributed by atoms with E-state index in [1.165, 1.54) is 55.4 Å². The Morgan fingerprint density at radius 3 is 2.00 bits per heavy atom. The average molecular weight is 503 g/mol. The van der Waals surface area contributed by atoms with E-state index >= 15 is 0 Å². The molecule has 0 aromatic heterocycles. The summed E-state index contributed by atoms with van der Waals surface area (Å²) in [6.07, 6.45) is 7.00. The summed E-state index contributed by atoms with van der Waals surface area (Å²) < 4.78 is 11.1. The fourth-order valence-corrected chi connectivity index (χ4v) is 20.6. The number of carbonyl (C=O) groups is 1. The third-order valence-corrected chi connectivity index (χ3v) is 21.1. The summed E-state index contributed by atoms with van der Waals surface area (Å²) in [5.74, 6) is 0.636. The van der Waals surface area contributed by atoms with Gasteiger partial charge in [-0.25, -0.2) is 0 Å². The fourth-order valence-electron chi connectivity index (χ4n) is 3.71. The number of amides is 1. The Kier molecular flexibility index (Phi) is 11.8. The summed E-state index contributed by atoms with van der Waals surface area (Å²) in [5, 5.41) is 3.40. The quantitative estimate of drug-likeness (QED) is 0.316. The van der Waals surface area contributed by atoms with E-state index < -0.39 is 24.5 Å². The Bertz CT molecular complexity index is 556. The van der Waals surface area contributed by atoms with Gasteiger partial charge in [-0.2, -0.15) is 0 Å². The van der Waals surface area contributed by atoms with Crippen LogP contribution in [0, 0.1) is 0 Å². The number of nitrogens with one attached hydrogen (secondary N) is 1. The first-order chi connectivity index (χ1) is 12.9. The van der Waals surface area contributed by atoms with E-state index in [1.807, 2.05) is 26.0 Å². The second-order valence-electron chi connectivity index (χ2n) is 7.90. The van der Waals surface area contributed by atoms with Crippen molar-refractivity contribution in [1.29, 1.82) is 0 Å². The monoisotopic (exact) mass is 503 g/mol. The summed E-state index contributed by atoms with van der Waals surface area (Å²) in [6.45, 7) is 10.7. The SMILES string of the molecule is CCC[CH2][Sn]([CH2]CCC)([CH2]CCC)[c]1cccc(Cl)c1OC(=O)NC(C)C. The number of ether oxygens (including phenoxy) is 1. The van der Waals surface area contributed by atoms with Gasteiger partial charge in [0.2, 0.25) is 0 Å². The van der Waals surface area contributed by atoms with Crippen molar-refractivity contribution >= 4 is 39.7 Å². The molecule has 0 unspecified atom stereocenters. The fraction of sp³-hybridized carbons (Fsp3) is 0.682. The molecule has 0 spiro atoms. The zero-order chi connectivity index (χ0) is 20.3. The van der Waals surface area contributed by atoms with Gasteiger partial charge in [-0.3, -0.25) is 0 Å². The molecule has 1 aromatic rings. The van der Waals surface area contributed by atoms with Crippen molar-refractivity contribution in [2.45, 2.75) is 92.5 Å². The van der Waals surface area contributed by atoms with Crippen LogP contribution in [0.2, 0.25) is 18.3 Å². The first kappa shape index (κ1) is 24.6. The molecule has 5 heteroatoms. The van der Waals surface area contributed by atoms with Gasteiger partial charge in [0.1, 0.15) is 0 Å². The minimum atomic E-state index is -2.74. The standard InChI is InChI=1S/C10H11ClNO2.3C4H9.Sn/c1-7(2)12-10(13)14-9-6-4-3-5-8(9)11;3*1-3-4-2;/h3-5,7H,1-2H3,(H,12,13);3*1,3-4H2,2H3;. The van der Waals surface area contributed by atoms with E-state index in [0.29, 0.717) is 10.8 Å². The van der Waals surface area contributed by atoms with Crippen LogP contribution in [0.4, 0.5) is 4.79 Å². The molecule has 0 fully saturated rings. The molecule has 1 N–H and O–H groups in total. The van der Waals surface area contributed by atoms with Crippen LogP contribution < -0.4 is 13.6 Å². The molecule has 0 saturated heterocycles. The first-order valence-electron chi connectivity index (χ1n) is 10.7. The summed E-state index contributed by atoms with van der Waals surface area (Å²) in [7, 11) is 0. The van der Waals surface area contributed by atoms with Gasteiger partial charge in [0.05, 0.1) is 0 Å². The summed E-state index contributed by atoms with van der Waals surface area (Å²) in [6, 6.07) is 6.14. The van der Waals surface area contributed by atoms with E-state index in [4.69, 9.17) is 16.3 Å². The molecule has 1 rings (SSSR count). The van der Waals surface area contributed by atoms with Crippen molar-refractivity contribution in [2.24, 2.45) is 0 Å². The molecule has 0 aliphatic rings. The third kappa shape index (κ3) is 7.84. The van der Waals surface area contributed by atoms with E-state index in [1.54, 1.807) is 0 Å². The van der Waals surface area contributed by atoms with Gasteiger partial charge in [-0.15, -0.1) is 0 Å². The van der Waals surface area contributed by atoms with Crippen LogP contribution in [0.3, 0.4) is 0 Å². The number of halogens is 1. The Morgan fingerprint density at radius 2 is 1.56 bits per heavy atom. The molecule has 27 heavy (non-hydrogen) atoms. The molecule has 3 nitrogen and oxygen atoms in total. The molecule has 0 radical (unpaired) electrons. The molecular formula is C22H38ClNO2Sn. The number of carbonyl (C=O) groups excluding carboxylic acids is 1. The Hall–Kier alpha value is -0.421. The number of unbranched alkanes of at least 4 members (excludes halogenated alkanes) is 3. The molecule has 1 aromatic carbocycles. The molecule has 0 aliphatic carbocycles. The van der Waals surface area contributed by atoms with Crippen LogP contribution in [0.15, 0.2) is 18.2 Å². The molecule has 0 atom stereocenters. The minimum absolute atomic E-state index is 0.0389. The first-order valence-corrected chi connectivity index (χ1v) is 18.5. The van der Waals surface area contributed by atoms with Crippen molar-refractivity contribution in [2.75, 3.05) is 0 Å². The number of benzene rings is 1. The number of hydrogen-bond donors (Lipinski definition) is 1. The van der Waals surface area contributed by atoms with E-state index in [-0.39, 0.29) is 6.04 Å². The molecule has 1 amide bonds. The zero-order valence-corrected chi connectivity index (χ0v) is 21.5. The van der Waals surface area contributed by atoms with E-state index in [9.17, 15) is 4.79 Å². The molecule has 0 saturated carbocycles. The molecule has 154 valence electrons. The van der Waals surface area contributed by atoms with Gasteiger partial charge in [0.15, 0.2) is 0 Å². The van der Waals surface area contributed by atoms with Crippen molar-refractivity contribution in [1.82, 2.24) is 5.32 Å². The van der Waals surface area contributed by atoms with E-state index in [2.05, 4.69) is 32.2 Å². The summed E-state index contributed by atoms with van der Waals surface area (Å²) in [5.41, 5.74) is 0. The molecule has 0 aliphatic heterocycles. The number of rotatable bonds is 12. The second kappa shape index (κ2) is 12.9. The van der Waals surface area contributed by atoms with Crippen LogP contribution in [0.5, 0.6) is 5.75 Å². The van der Waals surface area contributed by atoms with Gasteiger partial charge in [0, 0.05) is 0 Å². The topological polar surface area (TPSA) is 38.3 Å². The van der Waals surface area contributed by atoms with Crippen LogP contribution in [0.25, 0.3) is 0 Å². The van der Waals surface area contributed by atoms with Gasteiger partial charge < -0.3 is 0 Å². The van der Waals surface area contributed by atoms with E-state index in [0.717, 1.165) is 0 Å². The third-order valence-electron chi connectivity index (χ3n) is 5.17. The normalized spacial score (nSPS) is 11.7. The average Bonchev–Trinajstić information content (AvgIpc) is 2.62. The maximum atomic E-state index is 12.3. The maximum absolute atomic E-state index is 12.3. The molecule has 0 heterocycles. The Morgan fingerprint density at radius 1 is 1.04 bits per heavy atom. The van der Waals surface area contributed by atoms with Crippen LogP contribution in [-0.4, -0.2) is 30.5 Å². The predicted molar refractivity (Wildman–Crippen MR) is 120 cm³/mol. The molecule has 0 bridgehead atoms. The van der Waals surface area contributed by atoms with Gasteiger partial charge in [-0.05, 0) is 0 Å². The van der Waals surface area contributed by atoms with Crippen molar-refractivity contribution in [3.63, 3.8) is 0 Å². The molecular weight excluding hydrogens is 464 g/mol. The summed E-state index contributed by atoms with van der Waals surface area (Å²) >= 11 is 3.81. The summed E-state index contributed by atoms with van der Waals surface area (Å²) in [4.78, 5) is 12.3.